The summed E-state index contributed by atoms with van der Waals surface area (Å²) in [5.41, 5.74) is 0.501. The lowest BCUT2D eigenvalue weighted by Gasteiger charge is -2.26. The first-order chi connectivity index (χ1) is 6.52. The Morgan fingerprint density at radius 1 is 1.21 bits per heavy atom. The molecule has 0 aromatic carbocycles. The molecule has 0 aliphatic carbocycles. The van der Waals surface area contributed by atoms with Crippen LogP contribution in [0.1, 0.15) is 66.2 Å². The Morgan fingerprint density at radius 2 is 1.86 bits per heavy atom. The van der Waals surface area contributed by atoms with Gasteiger partial charge in [-0.15, -0.1) is 6.58 Å². The van der Waals surface area contributed by atoms with E-state index < -0.39 is 0 Å². The molecule has 0 spiro atoms. The smallest absolute Gasteiger partial charge is 0.0260 e. The Labute approximate surface area is 90.8 Å². The molecule has 0 N–H and O–H groups in total. The molecule has 0 aliphatic rings. The van der Waals surface area contributed by atoms with E-state index in [-0.39, 0.29) is 0 Å². The zero-order valence-corrected chi connectivity index (χ0v) is 10.6. The van der Waals surface area contributed by atoms with Crippen LogP contribution in [-0.2, 0) is 0 Å². The van der Waals surface area contributed by atoms with Crippen LogP contribution in [0.5, 0.6) is 0 Å². The van der Waals surface area contributed by atoms with Crippen LogP contribution in [0, 0.1) is 11.3 Å². The van der Waals surface area contributed by atoms with Gasteiger partial charge >= 0.3 is 0 Å². The summed E-state index contributed by atoms with van der Waals surface area (Å²) in [6.45, 7) is 13.2. The molecule has 0 heterocycles. The highest BCUT2D eigenvalue weighted by molar-refractivity contribution is 4.81. The molecule has 0 fully saturated rings. The van der Waals surface area contributed by atoms with Crippen LogP contribution < -0.4 is 0 Å². The first-order valence-corrected chi connectivity index (χ1v) is 6.14. The maximum absolute atomic E-state index is 3.85. The second-order valence-corrected chi connectivity index (χ2v) is 5.39. The maximum Gasteiger partial charge on any atom is -0.0260 e. The summed E-state index contributed by atoms with van der Waals surface area (Å²) in [4.78, 5) is 0. The highest BCUT2D eigenvalue weighted by atomic mass is 14.2. The minimum Gasteiger partial charge on any atom is -0.103 e. The van der Waals surface area contributed by atoms with Crippen LogP contribution in [0.25, 0.3) is 0 Å². The van der Waals surface area contributed by atoms with Crippen molar-refractivity contribution in [2.24, 2.45) is 11.3 Å². The second-order valence-electron chi connectivity index (χ2n) is 5.39. The molecule has 0 saturated carbocycles. The van der Waals surface area contributed by atoms with E-state index in [2.05, 4.69) is 40.3 Å². The molecule has 14 heavy (non-hydrogen) atoms. The van der Waals surface area contributed by atoms with E-state index >= 15 is 0 Å². The van der Waals surface area contributed by atoms with Gasteiger partial charge in [0.25, 0.3) is 0 Å². The van der Waals surface area contributed by atoms with Crippen LogP contribution in [-0.4, -0.2) is 0 Å². The highest BCUT2D eigenvalue weighted by Crippen LogP contribution is 2.31. The Balaban J connectivity index is 3.65. The lowest BCUT2D eigenvalue weighted by molar-refractivity contribution is 0.267. The molecule has 0 saturated heterocycles. The largest absolute Gasteiger partial charge is 0.103 e. The minimum atomic E-state index is 0.501. The molecule has 0 nitrogen and oxygen atoms in total. The van der Waals surface area contributed by atoms with Crippen molar-refractivity contribution in [1.29, 1.82) is 0 Å². The summed E-state index contributed by atoms with van der Waals surface area (Å²) in [5, 5.41) is 0. The van der Waals surface area contributed by atoms with E-state index in [0.29, 0.717) is 11.3 Å². The van der Waals surface area contributed by atoms with Gasteiger partial charge < -0.3 is 0 Å². The topological polar surface area (TPSA) is 0 Å². The number of hydrogen-bond acceptors (Lipinski definition) is 0. The normalized spacial score (nSPS) is 14.0. The van der Waals surface area contributed by atoms with Gasteiger partial charge in [-0.3, -0.25) is 0 Å². The summed E-state index contributed by atoms with van der Waals surface area (Å²) in [6, 6.07) is 0. The summed E-state index contributed by atoms with van der Waals surface area (Å²) >= 11 is 0. The van der Waals surface area contributed by atoms with Gasteiger partial charge in [-0.2, -0.15) is 0 Å². The standard InChI is InChI=1S/C14H28/c1-6-8-9-10-11-14(4,5)12-13(3)7-2/h7,13H,2,6,8-12H2,1,3-5H3. The Bertz CT molecular complexity index is 144. The molecule has 0 radical (unpaired) electrons. The molecule has 1 atom stereocenters. The molecule has 0 heteroatoms. The lowest BCUT2D eigenvalue weighted by atomic mass is 9.79. The lowest BCUT2D eigenvalue weighted by Crippen LogP contribution is -2.14. The number of hydrogen-bond donors (Lipinski definition) is 0. The van der Waals surface area contributed by atoms with Gasteiger partial charge in [0.05, 0.1) is 0 Å². The zero-order valence-electron chi connectivity index (χ0n) is 10.6. The first-order valence-electron chi connectivity index (χ1n) is 6.14. The molecule has 0 bridgehead atoms. The quantitative estimate of drug-likeness (QED) is 0.370. The van der Waals surface area contributed by atoms with Crippen molar-refractivity contribution in [2.45, 2.75) is 66.2 Å². The van der Waals surface area contributed by atoms with Crippen molar-refractivity contribution in [3.05, 3.63) is 12.7 Å². The fourth-order valence-electron chi connectivity index (χ4n) is 2.09. The molecule has 0 aliphatic heterocycles. The summed E-state index contributed by atoms with van der Waals surface area (Å²) < 4.78 is 0. The van der Waals surface area contributed by atoms with E-state index in [9.17, 15) is 0 Å². The third-order valence-corrected chi connectivity index (χ3v) is 2.98. The van der Waals surface area contributed by atoms with Crippen molar-refractivity contribution in [2.75, 3.05) is 0 Å². The zero-order chi connectivity index (χ0) is 11.0. The van der Waals surface area contributed by atoms with E-state index in [4.69, 9.17) is 0 Å². The summed E-state index contributed by atoms with van der Waals surface area (Å²) in [5.74, 6) is 0.663. The molecule has 84 valence electrons. The molecule has 0 aromatic rings. The monoisotopic (exact) mass is 196 g/mol. The fourth-order valence-corrected chi connectivity index (χ4v) is 2.09. The Kier molecular flexibility index (Phi) is 6.96. The number of unbranched alkanes of at least 4 members (excludes halogenated alkanes) is 3. The third-order valence-electron chi connectivity index (χ3n) is 2.98. The van der Waals surface area contributed by atoms with Crippen LogP contribution in [0.3, 0.4) is 0 Å². The van der Waals surface area contributed by atoms with E-state index in [0.717, 1.165) is 0 Å². The van der Waals surface area contributed by atoms with Gasteiger partial charge in [0.15, 0.2) is 0 Å². The Hall–Kier alpha value is -0.260. The highest BCUT2D eigenvalue weighted by Gasteiger charge is 2.18. The minimum absolute atomic E-state index is 0.501. The molecular formula is C14H28. The average molecular weight is 196 g/mol. The Morgan fingerprint density at radius 3 is 2.36 bits per heavy atom. The van der Waals surface area contributed by atoms with Gasteiger partial charge in [0, 0.05) is 0 Å². The summed E-state index contributed by atoms with van der Waals surface area (Å²) in [6.07, 6.45) is 10.3. The molecule has 0 aromatic heterocycles. The van der Waals surface area contributed by atoms with Crippen molar-refractivity contribution in [3.63, 3.8) is 0 Å². The third kappa shape index (κ3) is 7.17. The molecule has 0 rings (SSSR count). The van der Waals surface area contributed by atoms with E-state index in [1.165, 1.54) is 38.5 Å². The molecule has 0 amide bonds. The predicted octanol–water partition coefficient (Wildman–Crippen LogP) is 5.20. The van der Waals surface area contributed by atoms with Crippen molar-refractivity contribution < 1.29 is 0 Å². The van der Waals surface area contributed by atoms with Crippen molar-refractivity contribution in [3.8, 4) is 0 Å². The van der Waals surface area contributed by atoms with E-state index in [1.807, 2.05) is 0 Å². The van der Waals surface area contributed by atoms with Crippen molar-refractivity contribution in [1.82, 2.24) is 0 Å². The van der Waals surface area contributed by atoms with E-state index in [1.54, 1.807) is 0 Å². The molecular weight excluding hydrogens is 168 g/mol. The number of rotatable bonds is 8. The number of allylic oxidation sites excluding steroid dienone is 1. The van der Waals surface area contributed by atoms with Gasteiger partial charge in [-0.25, -0.2) is 0 Å². The van der Waals surface area contributed by atoms with Crippen molar-refractivity contribution >= 4 is 0 Å². The summed E-state index contributed by atoms with van der Waals surface area (Å²) in [7, 11) is 0. The fraction of sp³-hybridized carbons (Fsp3) is 0.857. The van der Waals surface area contributed by atoms with Gasteiger partial charge in [-0.1, -0.05) is 59.5 Å². The van der Waals surface area contributed by atoms with Crippen LogP contribution in [0.4, 0.5) is 0 Å². The van der Waals surface area contributed by atoms with Gasteiger partial charge in [0.2, 0.25) is 0 Å². The van der Waals surface area contributed by atoms with Gasteiger partial charge in [-0.05, 0) is 24.2 Å². The van der Waals surface area contributed by atoms with Gasteiger partial charge in [0.1, 0.15) is 0 Å². The van der Waals surface area contributed by atoms with Crippen LogP contribution in [0.15, 0.2) is 12.7 Å². The first kappa shape index (κ1) is 13.7. The predicted molar refractivity (Wildman–Crippen MR) is 66.5 cm³/mol. The second kappa shape index (κ2) is 7.09. The maximum atomic E-state index is 3.85. The van der Waals surface area contributed by atoms with Crippen LogP contribution in [0.2, 0.25) is 0 Å². The van der Waals surface area contributed by atoms with Crippen LogP contribution >= 0.6 is 0 Å². The average Bonchev–Trinajstić information content (AvgIpc) is 2.12. The SMILES string of the molecule is C=CC(C)CC(C)(C)CCCCCC. The molecule has 1 unspecified atom stereocenters.